The van der Waals surface area contributed by atoms with E-state index in [1.54, 1.807) is 0 Å². The van der Waals surface area contributed by atoms with Crippen LogP contribution in [0.15, 0.2) is 30.3 Å². The van der Waals surface area contributed by atoms with Gasteiger partial charge in [0.05, 0.1) is 0 Å². The number of piperidine rings is 2. The number of benzene rings is 1. The van der Waals surface area contributed by atoms with Crippen LogP contribution < -0.4 is 0 Å². The van der Waals surface area contributed by atoms with Gasteiger partial charge in [0.25, 0.3) is 0 Å². The normalized spacial score (nSPS) is 26.8. The molecule has 2 heterocycles. The zero-order chi connectivity index (χ0) is 13.8. The maximum absolute atomic E-state index is 2.76. The molecule has 2 fully saturated rings. The quantitative estimate of drug-likeness (QED) is 0.832. The Morgan fingerprint density at radius 3 is 2.50 bits per heavy atom. The molecule has 0 N–H and O–H groups in total. The Labute approximate surface area is 123 Å². The van der Waals surface area contributed by atoms with Gasteiger partial charge in [-0.1, -0.05) is 37.3 Å². The van der Waals surface area contributed by atoms with Crippen LogP contribution in [0.1, 0.15) is 38.2 Å². The molecule has 0 bridgehead atoms. The van der Waals surface area contributed by atoms with Gasteiger partial charge in [-0.15, -0.1) is 0 Å². The molecule has 2 aliphatic rings. The molecule has 2 saturated heterocycles. The molecule has 0 radical (unpaired) electrons. The largest absolute Gasteiger partial charge is 0.299 e. The van der Waals surface area contributed by atoms with Crippen molar-refractivity contribution in [3.8, 4) is 0 Å². The van der Waals surface area contributed by atoms with Crippen LogP contribution in [-0.2, 0) is 6.54 Å². The summed E-state index contributed by atoms with van der Waals surface area (Å²) in [6.07, 6.45) is 5.56. The second kappa shape index (κ2) is 6.73. The van der Waals surface area contributed by atoms with Gasteiger partial charge >= 0.3 is 0 Å². The molecule has 0 aromatic heterocycles. The van der Waals surface area contributed by atoms with Gasteiger partial charge in [-0.2, -0.15) is 0 Å². The molecule has 2 nitrogen and oxygen atoms in total. The van der Waals surface area contributed by atoms with Gasteiger partial charge in [-0.3, -0.25) is 9.80 Å². The van der Waals surface area contributed by atoms with Crippen LogP contribution in [0.5, 0.6) is 0 Å². The summed E-state index contributed by atoms with van der Waals surface area (Å²) in [5.41, 5.74) is 1.46. The van der Waals surface area contributed by atoms with Gasteiger partial charge in [0.2, 0.25) is 0 Å². The summed E-state index contributed by atoms with van der Waals surface area (Å²) >= 11 is 0. The van der Waals surface area contributed by atoms with Crippen LogP contribution in [0.25, 0.3) is 0 Å². The molecule has 0 amide bonds. The van der Waals surface area contributed by atoms with E-state index in [4.69, 9.17) is 0 Å². The predicted molar refractivity (Wildman–Crippen MR) is 84.7 cm³/mol. The molecule has 1 atom stereocenters. The highest BCUT2D eigenvalue weighted by molar-refractivity contribution is 5.14. The van der Waals surface area contributed by atoms with E-state index in [1.165, 1.54) is 57.4 Å². The highest BCUT2D eigenvalue weighted by Crippen LogP contribution is 2.23. The van der Waals surface area contributed by atoms with E-state index < -0.39 is 0 Å². The maximum Gasteiger partial charge on any atom is 0.0234 e. The van der Waals surface area contributed by atoms with E-state index in [0.717, 1.165) is 18.5 Å². The third kappa shape index (κ3) is 3.62. The maximum atomic E-state index is 2.76. The molecule has 0 spiro atoms. The summed E-state index contributed by atoms with van der Waals surface area (Å²) in [6.45, 7) is 8.72. The fourth-order valence-electron chi connectivity index (χ4n) is 3.71. The SMILES string of the molecule is CC1CCN(C2CCCN(Cc3ccccc3)C2)CC1. The van der Waals surface area contributed by atoms with Crippen molar-refractivity contribution in [1.82, 2.24) is 9.80 Å². The first-order valence-corrected chi connectivity index (χ1v) is 8.31. The third-order valence-corrected chi connectivity index (χ3v) is 5.06. The average molecular weight is 272 g/mol. The summed E-state index contributed by atoms with van der Waals surface area (Å²) in [4.78, 5) is 5.42. The van der Waals surface area contributed by atoms with Crippen LogP contribution in [0.3, 0.4) is 0 Å². The predicted octanol–water partition coefficient (Wildman–Crippen LogP) is 3.38. The number of nitrogens with zero attached hydrogens (tertiary/aromatic N) is 2. The molecule has 1 aromatic carbocycles. The molecule has 0 aliphatic carbocycles. The fourth-order valence-corrected chi connectivity index (χ4v) is 3.71. The lowest BCUT2D eigenvalue weighted by atomic mass is 9.95. The topological polar surface area (TPSA) is 6.48 Å². The summed E-state index contributed by atoms with van der Waals surface area (Å²) in [7, 11) is 0. The zero-order valence-electron chi connectivity index (χ0n) is 12.8. The first-order chi connectivity index (χ1) is 9.81. The number of hydrogen-bond donors (Lipinski definition) is 0. The van der Waals surface area contributed by atoms with Crippen molar-refractivity contribution < 1.29 is 0 Å². The lowest BCUT2D eigenvalue weighted by Crippen LogP contribution is -2.50. The summed E-state index contributed by atoms with van der Waals surface area (Å²) in [5.74, 6) is 0.940. The van der Waals surface area contributed by atoms with Crippen molar-refractivity contribution in [2.45, 2.75) is 45.2 Å². The molecule has 1 aromatic rings. The standard InChI is InChI=1S/C18H28N2/c1-16-9-12-20(13-10-16)18-8-5-11-19(15-18)14-17-6-3-2-4-7-17/h2-4,6-7,16,18H,5,8-15H2,1H3. The first kappa shape index (κ1) is 14.1. The Hall–Kier alpha value is -0.860. The smallest absolute Gasteiger partial charge is 0.0234 e. The molecule has 3 rings (SSSR count). The van der Waals surface area contributed by atoms with Crippen molar-refractivity contribution >= 4 is 0 Å². The van der Waals surface area contributed by atoms with E-state index in [2.05, 4.69) is 47.1 Å². The van der Waals surface area contributed by atoms with Crippen molar-refractivity contribution in [1.29, 1.82) is 0 Å². The Morgan fingerprint density at radius 1 is 1.00 bits per heavy atom. The second-order valence-electron chi connectivity index (χ2n) is 6.74. The van der Waals surface area contributed by atoms with Gasteiger partial charge < -0.3 is 0 Å². The summed E-state index contributed by atoms with van der Waals surface area (Å²) in [6, 6.07) is 11.7. The van der Waals surface area contributed by atoms with Gasteiger partial charge in [-0.25, -0.2) is 0 Å². The van der Waals surface area contributed by atoms with Crippen LogP contribution in [-0.4, -0.2) is 42.0 Å². The van der Waals surface area contributed by atoms with Gasteiger partial charge in [-0.05, 0) is 56.8 Å². The van der Waals surface area contributed by atoms with Crippen LogP contribution in [0, 0.1) is 5.92 Å². The van der Waals surface area contributed by atoms with Crippen molar-refractivity contribution in [3.63, 3.8) is 0 Å². The molecule has 1 unspecified atom stereocenters. The molecule has 20 heavy (non-hydrogen) atoms. The molecular formula is C18H28N2. The van der Waals surface area contributed by atoms with E-state index in [0.29, 0.717) is 0 Å². The van der Waals surface area contributed by atoms with Gasteiger partial charge in [0.1, 0.15) is 0 Å². The third-order valence-electron chi connectivity index (χ3n) is 5.06. The molecule has 2 heteroatoms. The minimum absolute atomic E-state index is 0.806. The number of rotatable bonds is 3. The van der Waals surface area contributed by atoms with Gasteiger partial charge in [0.15, 0.2) is 0 Å². The van der Waals surface area contributed by atoms with Crippen molar-refractivity contribution in [3.05, 3.63) is 35.9 Å². The number of hydrogen-bond acceptors (Lipinski definition) is 2. The van der Waals surface area contributed by atoms with E-state index in [-0.39, 0.29) is 0 Å². The van der Waals surface area contributed by atoms with Crippen LogP contribution in [0.4, 0.5) is 0 Å². The monoisotopic (exact) mass is 272 g/mol. The van der Waals surface area contributed by atoms with E-state index >= 15 is 0 Å². The lowest BCUT2D eigenvalue weighted by molar-refractivity contribution is 0.0684. The molecular weight excluding hydrogens is 244 g/mol. The second-order valence-corrected chi connectivity index (χ2v) is 6.74. The van der Waals surface area contributed by atoms with E-state index in [1.807, 2.05) is 0 Å². The fraction of sp³-hybridized carbons (Fsp3) is 0.667. The highest BCUT2D eigenvalue weighted by Gasteiger charge is 2.27. The lowest BCUT2D eigenvalue weighted by Gasteiger charge is -2.42. The highest BCUT2D eigenvalue weighted by atomic mass is 15.2. The summed E-state index contributed by atoms with van der Waals surface area (Å²) in [5, 5.41) is 0. The van der Waals surface area contributed by atoms with E-state index in [9.17, 15) is 0 Å². The average Bonchev–Trinajstić information content (AvgIpc) is 2.49. The minimum atomic E-state index is 0.806. The van der Waals surface area contributed by atoms with Gasteiger partial charge in [0, 0.05) is 19.1 Å². The van der Waals surface area contributed by atoms with Crippen LogP contribution in [0.2, 0.25) is 0 Å². The molecule has 2 aliphatic heterocycles. The Morgan fingerprint density at radius 2 is 1.75 bits per heavy atom. The zero-order valence-corrected chi connectivity index (χ0v) is 12.8. The Kier molecular flexibility index (Phi) is 4.74. The first-order valence-electron chi connectivity index (χ1n) is 8.31. The molecule has 110 valence electrons. The summed E-state index contributed by atoms with van der Waals surface area (Å²) < 4.78 is 0. The Balaban J connectivity index is 1.54. The van der Waals surface area contributed by atoms with Crippen molar-refractivity contribution in [2.24, 2.45) is 5.92 Å². The minimum Gasteiger partial charge on any atom is -0.299 e. The Bertz CT molecular complexity index is 395. The van der Waals surface area contributed by atoms with Crippen LogP contribution >= 0.6 is 0 Å². The number of likely N-dealkylation sites (tertiary alicyclic amines) is 2. The molecule has 0 saturated carbocycles. The van der Waals surface area contributed by atoms with Crippen molar-refractivity contribution in [2.75, 3.05) is 26.2 Å².